The fourth-order valence-corrected chi connectivity index (χ4v) is 2.45. The maximum Gasteiger partial charge on any atom is 0.418 e. The minimum absolute atomic E-state index is 0.0595. The number of halogens is 4. The molecule has 0 spiro atoms. The first-order valence-corrected chi connectivity index (χ1v) is 7.50. The van der Waals surface area contributed by atoms with Crippen molar-refractivity contribution in [2.75, 3.05) is 11.9 Å². The zero-order chi connectivity index (χ0) is 17.2. The molecule has 0 heterocycles. The summed E-state index contributed by atoms with van der Waals surface area (Å²) in [6, 6.07) is 3.32. The van der Waals surface area contributed by atoms with Crippen LogP contribution in [0.3, 0.4) is 0 Å². The minimum Gasteiger partial charge on any atom is -0.339 e. The lowest BCUT2D eigenvalue weighted by Gasteiger charge is -2.20. The average molecular weight is 349 g/mol. The second-order valence-corrected chi connectivity index (χ2v) is 5.87. The Kier molecular flexibility index (Phi) is 5.19. The predicted molar refractivity (Wildman–Crippen MR) is 80.1 cm³/mol. The van der Waals surface area contributed by atoms with E-state index in [1.165, 1.54) is 13.0 Å². The van der Waals surface area contributed by atoms with E-state index in [4.69, 9.17) is 11.6 Å². The van der Waals surface area contributed by atoms with Gasteiger partial charge in [0.25, 0.3) is 0 Å². The highest BCUT2D eigenvalue weighted by molar-refractivity contribution is 6.30. The van der Waals surface area contributed by atoms with Gasteiger partial charge in [-0.05, 0) is 31.0 Å². The Morgan fingerprint density at radius 2 is 2.00 bits per heavy atom. The topological polar surface area (TPSA) is 49.4 Å². The molecule has 1 aromatic carbocycles. The van der Waals surface area contributed by atoms with Gasteiger partial charge >= 0.3 is 6.18 Å². The quantitative estimate of drug-likeness (QED) is 0.882. The van der Waals surface area contributed by atoms with Crippen LogP contribution in [-0.2, 0) is 15.8 Å². The summed E-state index contributed by atoms with van der Waals surface area (Å²) in [4.78, 5) is 24.9. The van der Waals surface area contributed by atoms with Crippen molar-refractivity contribution in [3.8, 4) is 0 Å². The SMILES string of the molecule is CC(=O)N(CCC(=O)Nc1ccc(Cl)cc1C(F)(F)F)C1CC1. The Morgan fingerprint density at radius 3 is 2.52 bits per heavy atom. The van der Waals surface area contributed by atoms with Gasteiger partial charge in [-0.15, -0.1) is 0 Å². The summed E-state index contributed by atoms with van der Waals surface area (Å²) in [5.41, 5.74) is -1.34. The third-order valence-electron chi connectivity index (χ3n) is 3.53. The predicted octanol–water partition coefficient (Wildman–Crippen LogP) is 3.70. The summed E-state index contributed by atoms with van der Waals surface area (Å²) in [6.45, 7) is 1.61. The van der Waals surface area contributed by atoms with Crippen LogP contribution >= 0.6 is 11.6 Å². The van der Waals surface area contributed by atoms with Crippen molar-refractivity contribution >= 4 is 29.1 Å². The maximum atomic E-state index is 12.9. The lowest BCUT2D eigenvalue weighted by atomic mass is 10.1. The van der Waals surface area contributed by atoms with E-state index in [1.807, 2.05) is 0 Å². The van der Waals surface area contributed by atoms with Crippen LogP contribution in [0.15, 0.2) is 18.2 Å². The van der Waals surface area contributed by atoms with E-state index in [0.29, 0.717) is 0 Å². The third-order valence-corrected chi connectivity index (χ3v) is 3.77. The van der Waals surface area contributed by atoms with Gasteiger partial charge in [0, 0.05) is 31.0 Å². The van der Waals surface area contributed by atoms with Crippen LogP contribution in [0.2, 0.25) is 5.02 Å². The fourth-order valence-electron chi connectivity index (χ4n) is 2.28. The van der Waals surface area contributed by atoms with Crippen molar-refractivity contribution in [2.24, 2.45) is 0 Å². The first-order chi connectivity index (χ1) is 10.7. The molecule has 2 amide bonds. The molecule has 2 rings (SSSR count). The van der Waals surface area contributed by atoms with E-state index in [0.717, 1.165) is 25.0 Å². The van der Waals surface area contributed by atoms with Gasteiger partial charge in [0.05, 0.1) is 11.3 Å². The molecule has 1 N–H and O–H groups in total. The molecule has 4 nitrogen and oxygen atoms in total. The van der Waals surface area contributed by atoms with Gasteiger partial charge in [-0.1, -0.05) is 11.6 Å². The number of alkyl halides is 3. The highest BCUT2D eigenvalue weighted by atomic mass is 35.5. The van der Waals surface area contributed by atoms with Gasteiger partial charge in [-0.25, -0.2) is 0 Å². The molecule has 0 unspecified atom stereocenters. The largest absolute Gasteiger partial charge is 0.418 e. The van der Waals surface area contributed by atoms with E-state index in [-0.39, 0.29) is 35.6 Å². The van der Waals surface area contributed by atoms with Crippen molar-refractivity contribution in [3.05, 3.63) is 28.8 Å². The second kappa shape index (κ2) is 6.78. The van der Waals surface area contributed by atoms with E-state index in [2.05, 4.69) is 5.32 Å². The lowest BCUT2D eigenvalue weighted by Crippen LogP contribution is -2.34. The molecule has 0 aromatic heterocycles. The van der Waals surface area contributed by atoms with Gasteiger partial charge < -0.3 is 10.2 Å². The standard InChI is InChI=1S/C15H16ClF3N2O2/c1-9(22)21(11-3-4-11)7-6-14(23)20-13-5-2-10(16)8-12(13)15(17,18)19/h2,5,8,11H,3-4,6-7H2,1H3,(H,20,23). The van der Waals surface area contributed by atoms with Crippen molar-refractivity contribution in [3.63, 3.8) is 0 Å². The Labute approximate surface area is 136 Å². The Morgan fingerprint density at radius 1 is 1.35 bits per heavy atom. The minimum atomic E-state index is -4.62. The van der Waals surface area contributed by atoms with Gasteiger partial charge in [-0.3, -0.25) is 9.59 Å². The van der Waals surface area contributed by atoms with Crippen LogP contribution in [0, 0.1) is 0 Å². The van der Waals surface area contributed by atoms with Crippen molar-refractivity contribution in [1.82, 2.24) is 4.90 Å². The van der Waals surface area contributed by atoms with Crippen LogP contribution in [0.5, 0.6) is 0 Å². The molecule has 0 bridgehead atoms. The maximum absolute atomic E-state index is 12.9. The van der Waals surface area contributed by atoms with Gasteiger partial charge in [0.2, 0.25) is 11.8 Å². The second-order valence-electron chi connectivity index (χ2n) is 5.43. The molecule has 1 aliphatic carbocycles. The number of hydrogen-bond acceptors (Lipinski definition) is 2. The molecule has 0 aliphatic heterocycles. The summed E-state index contributed by atoms with van der Waals surface area (Å²) in [7, 11) is 0. The zero-order valence-electron chi connectivity index (χ0n) is 12.4. The molecule has 1 aliphatic rings. The first kappa shape index (κ1) is 17.6. The molecule has 1 fully saturated rings. The van der Waals surface area contributed by atoms with Crippen LogP contribution in [0.4, 0.5) is 18.9 Å². The van der Waals surface area contributed by atoms with Crippen molar-refractivity contribution in [2.45, 2.75) is 38.4 Å². The number of hydrogen-bond donors (Lipinski definition) is 1. The molecule has 0 radical (unpaired) electrons. The Hall–Kier alpha value is -1.76. The molecule has 1 saturated carbocycles. The van der Waals surface area contributed by atoms with Gasteiger partial charge in [0.15, 0.2) is 0 Å². The van der Waals surface area contributed by atoms with E-state index in [9.17, 15) is 22.8 Å². The van der Waals surface area contributed by atoms with Crippen LogP contribution in [0.25, 0.3) is 0 Å². The number of carbonyl (C=O) groups excluding carboxylic acids is 2. The summed E-state index contributed by atoms with van der Waals surface area (Å²) < 4.78 is 38.8. The summed E-state index contributed by atoms with van der Waals surface area (Å²) in [5.74, 6) is -0.715. The smallest absolute Gasteiger partial charge is 0.339 e. The molecular weight excluding hydrogens is 333 g/mol. The number of carbonyl (C=O) groups is 2. The van der Waals surface area contributed by atoms with Gasteiger partial charge in [-0.2, -0.15) is 13.2 Å². The summed E-state index contributed by atoms with van der Waals surface area (Å²) >= 11 is 5.58. The summed E-state index contributed by atoms with van der Waals surface area (Å²) in [5, 5.41) is 2.18. The van der Waals surface area contributed by atoms with E-state index in [1.54, 1.807) is 4.90 Å². The molecule has 8 heteroatoms. The molecule has 0 saturated heterocycles. The molecule has 1 aromatic rings. The lowest BCUT2D eigenvalue weighted by molar-refractivity contribution is -0.137. The molecule has 0 atom stereocenters. The van der Waals surface area contributed by atoms with Gasteiger partial charge in [0.1, 0.15) is 0 Å². The zero-order valence-corrected chi connectivity index (χ0v) is 13.2. The van der Waals surface area contributed by atoms with E-state index >= 15 is 0 Å². The van der Waals surface area contributed by atoms with Crippen molar-refractivity contribution in [1.29, 1.82) is 0 Å². The van der Waals surface area contributed by atoms with E-state index < -0.39 is 17.6 Å². The average Bonchev–Trinajstić information content (AvgIpc) is 3.24. The number of anilines is 1. The normalized spacial score (nSPS) is 14.5. The third kappa shape index (κ3) is 4.86. The number of nitrogens with zero attached hydrogens (tertiary/aromatic N) is 1. The van der Waals surface area contributed by atoms with Crippen molar-refractivity contribution < 1.29 is 22.8 Å². The number of benzene rings is 1. The van der Waals surface area contributed by atoms with Crippen LogP contribution < -0.4 is 5.32 Å². The number of amides is 2. The first-order valence-electron chi connectivity index (χ1n) is 7.12. The molecule has 126 valence electrons. The van der Waals surface area contributed by atoms with Crippen LogP contribution in [-0.4, -0.2) is 29.3 Å². The monoisotopic (exact) mass is 348 g/mol. The summed E-state index contributed by atoms with van der Waals surface area (Å²) in [6.07, 6.45) is -2.88. The highest BCUT2D eigenvalue weighted by Gasteiger charge is 2.34. The van der Waals surface area contributed by atoms with Crippen LogP contribution in [0.1, 0.15) is 31.7 Å². The highest BCUT2D eigenvalue weighted by Crippen LogP contribution is 2.36. The Balaban J connectivity index is 2.01. The fraction of sp³-hybridized carbons (Fsp3) is 0.467. The number of nitrogens with one attached hydrogen (secondary N) is 1. The molecular formula is C15H16ClF3N2O2. The number of rotatable bonds is 5. The molecule has 23 heavy (non-hydrogen) atoms. The Bertz CT molecular complexity index is 615.